The van der Waals surface area contributed by atoms with Gasteiger partial charge in [-0.05, 0) is 37.1 Å². The van der Waals surface area contributed by atoms with Crippen LogP contribution in [0, 0.1) is 5.92 Å². The van der Waals surface area contributed by atoms with Gasteiger partial charge in [-0.25, -0.2) is 0 Å². The summed E-state index contributed by atoms with van der Waals surface area (Å²) in [6.07, 6.45) is 6.57. The molecule has 0 aromatic carbocycles. The molecule has 0 spiro atoms. The number of hydrogen-bond acceptors (Lipinski definition) is 7. The maximum Gasteiger partial charge on any atom is 0.290 e. The van der Waals surface area contributed by atoms with Gasteiger partial charge < -0.3 is 10.0 Å². The standard InChI is InChI=1S/C21H23N5O3/c1-12-16(13(2)25-24-12)19(27)17-18(15-6-4-8-23-10-15)26(21(29)20(17)28)11-14-5-3-7-22-9-14/h3-10,12-13,16,18,24-25,28H,11H2,1-2H3. The Morgan fingerprint density at radius 2 is 1.76 bits per heavy atom. The molecule has 8 nitrogen and oxygen atoms in total. The fraction of sp³-hybridized carbons (Fsp3) is 0.333. The maximum atomic E-state index is 13.5. The van der Waals surface area contributed by atoms with Crippen molar-refractivity contribution >= 4 is 11.7 Å². The lowest BCUT2D eigenvalue weighted by molar-refractivity contribution is -0.130. The first-order valence-electron chi connectivity index (χ1n) is 9.57. The third-order valence-electron chi connectivity index (χ3n) is 5.56. The van der Waals surface area contributed by atoms with E-state index in [1.807, 2.05) is 26.0 Å². The van der Waals surface area contributed by atoms with E-state index in [4.69, 9.17) is 0 Å². The van der Waals surface area contributed by atoms with E-state index in [0.29, 0.717) is 5.56 Å². The molecule has 0 aliphatic carbocycles. The lowest BCUT2D eigenvalue weighted by atomic mass is 9.84. The van der Waals surface area contributed by atoms with Crippen LogP contribution in [0.25, 0.3) is 0 Å². The van der Waals surface area contributed by atoms with Crippen LogP contribution in [0.15, 0.2) is 60.4 Å². The van der Waals surface area contributed by atoms with Crippen molar-refractivity contribution in [3.8, 4) is 0 Å². The average molecular weight is 393 g/mol. The van der Waals surface area contributed by atoms with Gasteiger partial charge in [0.15, 0.2) is 11.5 Å². The molecule has 1 fully saturated rings. The summed E-state index contributed by atoms with van der Waals surface area (Å²) in [5.41, 5.74) is 7.73. The Balaban J connectivity index is 1.76. The molecule has 8 heteroatoms. The number of hydrogen-bond donors (Lipinski definition) is 3. The minimum Gasteiger partial charge on any atom is -0.503 e. The van der Waals surface area contributed by atoms with Gasteiger partial charge in [-0.1, -0.05) is 12.1 Å². The van der Waals surface area contributed by atoms with Crippen molar-refractivity contribution in [2.24, 2.45) is 5.92 Å². The molecular formula is C21H23N5O3. The predicted molar refractivity (Wildman–Crippen MR) is 105 cm³/mol. The van der Waals surface area contributed by atoms with Crippen LogP contribution >= 0.6 is 0 Å². The smallest absolute Gasteiger partial charge is 0.290 e. The van der Waals surface area contributed by atoms with Crippen molar-refractivity contribution in [3.63, 3.8) is 0 Å². The summed E-state index contributed by atoms with van der Waals surface area (Å²) in [7, 11) is 0. The molecule has 2 aromatic heterocycles. The molecule has 0 radical (unpaired) electrons. The largest absolute Gasteiger partial charge is 0.503 e. The van der Waals surface area contributed by atoms with Crippen LogP contribution < -0.4 is 10.9 Å². The number of hydrazine groups is 1. The molecule has 3 N–H and O–H groups in total. The summed E-state index contributed by atoms with van der Waals surface area (Å²) >= 11 is 0. The van der Waals surface area contributed by atoms with E-state index in [1.165, 1.54) is 4.90 Å². The molecule has 29 heavy (non-hydrogen) atoms. The summed E-state index contributed by atoms with van der Waals surface area (Å²) in [6, 6.07) is 6.24. The number of carbonyl (C=O) groups excluding carboxylic acids is 2. The van der Waals surface area contributed by atoms with E-state index in [0.717, 1.165) is 5.56 Å². The highest BCUT2D eigenvalue weighted by molar-refractivity contribution is 6.10. The molecule has 0 saturated carbocycles. The number of pyridine rings is 2. The number of nitrogens with zero attached hydrogens (tertiary/aromatic N) is 3. The highest BCUT2D eigenvalue weighted by Crippen LogP contribution is 2.40. The van der Waals surface area contributed by atoms with E-state index in [-0.39, 0.29) is 30.0 Å². The third kappa shape index (κ3) is 3.41. The summed E-state index contributed by atoms with van der Waals surface area (Å²) < 4.78 is 0. The van der Waals surface area contributed by atoms with Gasteiger partial charge in [-0.3, -0.25) is 30.4 Å². The molecule has 2 aliphatic rings. The van der Waals surface area contributed by atoms with Gasteiger partial charge >= 0.3 is 0 Å². The van der Waals surface area contributed by atoms with Gasteiger partial charge in [0.25, 0.3) is 5.91 Å². The summed E-state index contributed by atoms with van der Waals surface area (Å²) in [5, 5.41) is 10.7. The van der Waals surface area contributed by atoms with Gasteiger partial charge in [0.05, 0.1) is 17.5 Å². The summed E-state index contributed by atoms with van der Waals surface area (Å²) in [5.74, 6) is -1.70. The Hall–Kier alpha value is -3.10. The number of carbonyl (C=O) groups is 2. The van der Waals surface area contributed by atoms with Crippen LogP contribution in [0.3, 0.4) is 0 Å². The molecule has 1 saturated heterocycles. The van der Waals surface area contributed by atoms with Crippen molar-refractivity contribution < 1.29 is 14.7 Å². The SMILES string of the molecule is CC1NNC(C)C1C(=O)C1=C(O)C(=O)N(Cc2cccnc2)C1c1cccnc1. The number of amides is 1. The van der Waals surface area contributed by atoms with Gasteiger partial charge in [-0.15, -0.1) is 0 Å². The van der Waals surface area contributed by atoms with E-state index >= 15 is 0 Å². The number of rotatable bonds is 5. The Labute approximate surface area is 168 Å². The molecular weight excluding hydrogens is 370 g/mol. The predicted octanol–water partition coefficient (Wildman–Crippen LogP) is 1.44. The minimum absolute atomic E-state index is 0.126. The van der Waals surface area contributed by atoms with Crippen LogP contribution in [-0.4, -0.2) is 43.7 Å². The van der Waals surface area contributed by atoms with Crippen LogP contribution in [0.4, 0.5) is 0 Å². The summed E-state index contributed by atoms with van der Waals surface area (Å²) in [4.78, 5) is 36.2. The topological polar surface area (TPSA) is 107 Å². The first kappa shape index (κ1) is 19.2. The summed E-state index contributed by atoms with van der Waals surface area (Å²) in [6.45, 7) is 4.03. The Morgan fingerprint density at radius 3 is 2.34 bits per heavy atom. The minimum atomic E-state index is -0.705. The quantitative estimate of drug-likeness (QED) is 0.706. The maximum absolute atomic E-state index is 13.5. The Kier molecular flexibility index (Phi) is 5.12. The average Bonchev–Trinajstić information content (AvgIpc) is 3.20. The van der Waals surface area contributed by atoms with Gasteiger partial charge in [0.1, 0.15) is 0 Å². The molecule has 0 bridgehead atoms. The van der Waals surface area contributed by atoms with Crippen molar-refractivity contribution in [1.29, 1.82) is 0 Å². The fourth-order valence-electron chi connectivity index (χ4n) is 4.15. The molecule has 2 aromatic rings. The lowest BCUT2D eigenvalue weighted by Gasteiger charge is -2.28. The zero-order chi connectivity index (χ0) is 20.5. The van der Waals surface area contributed by atoms with Crippen molar-refractivity contribution in [1.82, 2.24) is 25.7 Å². The van der Waals surface area contributed by atoms with Crippen molar-refractivity contribution in [2.75, 3.05) is 0 Å². The van der Waals surface area contributed by atoms with Crippen LogP contribution in [0.1, 0.15) is 31.0 Å². The monoisotopic (exact) mass is 393 g/mol. The molecule has 3 atom stereocenters. The third-order valence-corrected chi connectivity index (χ3v) is 5.56. The second kappa shape index (κ2) is 7.73. The Morgan fingerprint density at radius 1 is 1.10 bits per heavy atom. The van der Waals surface area contributed by atoms with E-state index in [2.05, 4.69) is 20.8 Å². The van der Waals surface area contributed by atoms with Gasteiger partial charge in [-0.2, -0.15) is 0 Å². The molecule has 4 heterocycles. The second-order valence-electron chi connectivity index (χ2n) is 7.50. The van der Waals surface area contributed by atoms with Crippen molar-refractivity contribution in [3.05, 3.63) is 71.5 Å². The molecule has 2 aliphatic heterocycles. The van der Waals surface area contributed by atoms with E-state index in [9.17, 15) is 14.7 Å². The lowest BCUT2D eigenvalue weighted by Crippen LogP contribution is -2.35. The first-order chi connectivity index (χ1) is 14.0. The zero-order valence-electron chi connectivity index (χ0n) is 16.2. The van der Waals surface area contributed by atoms with Gasteiger partial charge in [0.2, 0.25) is 0 Å². The number of nitrogens with one attached hydrogen (secondary N) is 2. The van der Waals surface area contributed by atoms with E-state index < -0.39 is 23.6 Å². The van der Waals surface area contributed by atoms with Gasteiger partial charge in [0, 0.05) is 43.4 Å². The van der Waals surface area contributed by atoms with Crippen molar-refractivity contribution in [2.45, 2.75) is 38.5 Å². The molecule has 3 unspecified atom stereocenters. The van der Waals surface area contributed by atoms with Crippen LogP contribution in [-0.2, 0) is 16.1 Å². The first-order valence-corrected chi connectivity index (χ1v) is 9.57. The highest BCUT2D eigenvalue weighted by atomic mass is 16.3. The van der Waals surface area contributed by atoms with Crippen LogP contribution in [0.5, 0.6) is 0 Å². The Bertz CT molecular complexity index is 937. The normalized spacial score (nSPS) is 27.0. The number of aliphatic hydroxyl groups is 1. The molecule has 150 valence electrons. The highest BCUT2D eigenvalue weighted by Gasteiger charge is 2.48. The number of aliphatic hydroxyl groups excluding tert-OH is 1. The second-order valence-corrected chi connectivity index (χ2v) is 7.50. The molecule has 4 rings (SSSR count). The van der Waals surface area contributed by atoms with Crippen LogP contribution in [0.2, 0.25) is 0 Å². The zero-order valence-corrected chi connectivity index (χ0v) is 16.2. The number of Topliss-reactive ketones (excluding diaryl/α,β-unsaturated/α-hetero) is 1. The number of ketones is 1. The molecule has 1 amide bonds. The number of aromatic nitrogens is 2. The fourth-order valence-corrected chi connectivity index (χ4v) is 4.15. The van der Waals surface area contributed by atoms with E-state index in [1.54, 1.807) is 36.9 Å².